The largest absolute Gasteiger partial charge is 0.357 e. The van der Waals surface area contributed by atoms with Crippen LogP contribution in [0, 0.1) is 0 Å². The molecule has 0 aromatic heterocycles. The van der Waals surface area contributed by atoms with Crippen LogP contribution in [-0.2, 0) is 10.2 Å². The summed E-state index contributed by atoms with van der Waals surface area (Å²) in [7, 11) is 0. The summed E-state index contributed by atoms with van der Waals surface area (Å²) in [6.45, 7) is 10.5. The van der Waals surface area contributed by atoms with E-state index in [-0.39, 0.29) is 17.9 Å². The summed E-state index contributed by atoms with van der Waals surface area (Å²) in [4.78, 5) is 15.8. The number of benzene rings is 1. The molecule has 0 atom stereocenters. The zero-order valence-corrected chi connectivity index (χ0v) is 14.1. The minimum Gasteiger partial charge on any atom is -0.357 e. The fourth-order valence-electron chi connectivity index (χ4n) is 2.04. The van der Waals surface area contributed by atoms with Crippen molar-refractivity contribution in [1.29, 1.82) is 0 Å². The van der Waals surface area contributed by atoms with E-state index in [1.165, 1.54) is 5.56 Å². The number of nitrogens with one attached hydrogen (secondary N) is 3. The maximum Gasteiger partial charge on any atom is 0.241 e. The first kappa shape index (κ1) is 18.0. The molecule has 1 amide bonds. The number of rotatable bonds is 7. The number of hydrogen-bond acceptors (Lipinski definition) is 2. The quantitative estimate of drug-likeness (QED) is 0.530. The minimum atomic E-state index is -0.0676. The molecule has 122 valence electrons. The third-order valence-corrected chi connectivity index (χ3v) is 3.35. The number of amides is 1. The summed E-state index contributed by atoms with van der Waals surface area (Å²) in [5.41, 5.74) is 1.24. The minimum absolute atomic E-state index is 0.0247. The van der Waals surface area contributed by atoms with E-state index in [1.807, 2.05) is 32.0 Å². The van der Waals surface area contributed by atoms with Gasteiger partial charge in [0.1, 0.15) is 6.54 Å². The molecule has 1 rings (SSSR count). The van der Waals surface area contributed by atoms with E-state index in [1.54, 1.807) is 0 Å². The van der Waals surface area contributed by atoms with Gasteiger partial charge in [0.15, 0.2) is 5.96 Å². The van der Waals surface area contributed by atoms with Gasteiger partial charge in [-0.15, -0.1) is 0 Å². The van der Waals surface area contributed by atoms with Crippen molar-refractivity contribution in [3.05, 3.63) is 35.9 Å². The number of nitrogens with zero attached hydrogens (tertiary/aromatic N) is 1. The molecule has 1 aromatic carbocycles. The average molecular weight is 304 g/mol. The first-order chi connectivity index (χ1) is 10.5. The van der Waals surface area contributed by atoms with Gasteiger partial charge in [0, 0.05) is 25.0 Å². The van der Waals surface area contributed by atoms with Crippen molar-refractivity contribution in [2.45, 2.75) is 33.1 Å². The summed E-state index contributed by atoms with van der Waals surface area (Å²) in [6, 6.07) is 10.4. The molecule has 5 heteroatoms. The lowest BCUT2D eigenvalue weighted by atomic mass is 9.85. The SMILES string of the molecule is CCNC(=O)CN=C(NCC)NCC(C)(C)c1ccccc1. The van der Waals surface area contributed by atoms with Crippen LogP contribution in [0.15, 0.2) is 35.3 Å². The van der Waals surface area contributed by atoms with Crippen LogP contribution in [-0.4, -0.2) is 38.0 Å². The Bertz CT molecular complexity index is 483. The highest BCUT2D eigenvalue weighted by Crippen LogP contribution is 2.21. The summed E-state index contributed by atoms with van der Waals surface area (Å²) in [6.07, 6.45) is 0. The van der Waals surface area contributed by atoms with Crippen LogP contribution in [0.4, 0.5) is 0 Å². The second kappa shape index (κ2) is 9.07. The van der Waals surface area contributed by atoms with E-state index in [0.717, 1.165) is 13.1 Å². The van der Waals surface area contributed by atoms with E-state index in [0.29, 0.717) is 12.5 Å². The number of hydrogen-bond donors (Lipinski definition) is 3. The summed E-state index contributed by atoms with van der Waals surface area (Å²) in [5.74, 6) is 0.597. The second-order valence-corrected chi connectivity index (χ2v) is 5.75. The molecule has 22 heavy (non-hydrogen) atoms. The number of aliphatic imine (C=N–C) groups is 1. The average Bonchev–Trinajstić information content (AvgIpc) is 2.51. The van der Waals surface area contributed by atoms with Crippen molar-refractivity contribution in [1.82, 2.24) is 16.0 Å². The molecule has 0 aliphatic rings. The Balaban J connectivity index is 2.63. The van der Waals surface area contributed by atoms with Crippen LogP contribution in [0.3, 0.4) is 0 Å². The van der Waals surface area contributed by atoms with Gasteiger partial charge in [-0.3, -0.25) is 4.79 Å². The molecule has 0 radical (unpaired) electrons. The van der Waals surface area contributed by atoms with Crippen LogP contribution in [0.2, 0.25) is 0 Å². The molecule has 1 aromatic rings. The van der Waals surface area contributed by atoms with Crippen molar-refractivity contribution >= 4 is 11.9 Å². The summed E-state index contributed by atoms with van der Waals surface area (Å²) >= 11 is 0. The standard InChI is InChI=1S/C17H28N4O/c1-5-18-15(22)12-20-16(19-6-2)21-13-17(3,4)14-10-8-7-9-11-14/h7-11H,5-6,12-13H2,1-4H3,(H,18,22)(H2,19,20,21). The van der Waals surface area contributed by atoms with Gasteiger partial charge in [-0.05, 0) is 19.4 Å². The van der Waals surface area contributed by atoms with Crippen LogP contribution in [0.25, 0.3) is 0 Å². The first-order valence-corrected chi connectivity index (χ1v) is 7.84. The Kier molecular flexibility index (Phi) is 7.43. The molecular formula is C17H28N4O. The van der Waals surface area contributed by atoms with E-state index in [2.05, 4.69) is 46.9 Å². The van der Waals surface area contributed by atoms with Gasteiger partial charge in [-0.2, -0.15) is 0 Å². The maximum atomic E-state index is 11.5. The van der Waals surface area contributed by atoms with Gasteiger partial charge in [0.2, 0.25) is 5.91 Å². The van der Waals surface area contributed by atoms with E-state index >= 15 is 0 Å². The van der Waals surface area contributed by atoms with E-state index < -0.39 is 0 Å². The molecule has 0 bridgehead atoms. The van der Waals surface area contributed by atoms with Gasteiger partial charge in [-0.25, -0.2) is 4.99 Å². The second-order valence-electron chi connectivity index (χ2n) is 5.75. The molecule has 0 spiro atoms. The Morgan fingerprint density at radius 1 is 1.05 bits per heavy atom. The molecule has 5 nitrogen and oxygen atoms in total. The monoisotopic (exact) mass is 304 g/mol. The summed E-state index contributed by atoms with van der Waals surface area (Å²) in [5, 5.41) is 9.22. The first-order valence-electron chi connectivity index (χ1n) is 7.84. The Morgan fingerprint density at radius 2 is 1.68 bits per heavy atom. The maximum absolute atomic E-state index is 11.5. The molecular weight excluding hydrogens is 276 g/mol. The van der Waals surface area contributed by atoms with E-state index in [4.69, 9.17) is 0 Å². The fraction of sp³-hybridized carbons (Fsp3) is 0.529. The predicted octanol–water partition coefficient (Wildman–Crippen LogP) is 1.66. The third-order valence-electron chi connectivity index (χ3n) is 3.35. The third kappa shape index (κ3) is 6.16. The van der Waals surface area contributed by atoms with Crippen molar-refractivity contribution < 1.29 is 4.79 Å². The van der Waals surface area contributed by atoms with Gasteiger partial charge >= 0.3 is 0 Å². The topological polar surface area (TPSA) is 65.5 Å². The number of guanidine groups is 1. The highest BCUT2D eigenvalue weighted by atomic mass is 16.1. The van der Waals surface area contributed by atoms with E-state index in [9.17, 15) is 4.79 Å². The van der Waals surface area contributed by atoms with Gasteiger partial charge in [0.25, 0.3) is 0 Å². The van der Waals surface area contributed by atoms with Crippen LogP contribution in [0.1, 0.15) is 33.3 Å². The number of carbonyl (C=O) groups is 1. The van der Waals surface area contributed by atoms with Gasteiger partial charge in [-0.1, -0.05) is 44.2 Å². The molecule has 0 aliphatic heterocycles. The van der Waals surface area contributed by atoms with Crippen LogP contribution < -0.4 is 16.0 Å². The molecule has 0 heterocycles. The molecule has 0 aliphatic carbocycles. The zero-order chi connectivity index (χ0) is 16.4. The molecule has 0 saturated heterocycles. The highest BCUT2D eigenvalue weighted by Gasteiger charge is 2.20. The molecule has 0 fully saturated rings. The highest BCUT2D eigenvalue weighted by molar-refractivity contribution is 5.84. The molecule has 3 N–H and O–H groups in total. The van der Waals surface area contributed by atoms with Crippen molar-refractivity contribution in [3.8, 4) is 0 Å². The Morgan fingerprint density at radius 3 is 2.27 bits per heavy atom. The molecule has 0 saturated carbocycles. The number of carbonyl (C=O) groups excluding carboxylic acids is 1. The molecule has 0 unspecified atom stereocenters. The lowest BCUT2D eigenvalue weighted by Crippen LogP contribution is -2.44. The van der Waals surface area contributed by atoms with Crippen molar-refractivity contribution in [3.63, 3.8) is 0 Å². The predicted molar refractivity (Wildman–Crippen MR) is 92.1 cm³/mol. The summed E-state index contributed by atoms with van der Waals surface area (Å²) < 4.78 is 0. The Labute approximate surface area is 133 Å². The number of likely N-dealkylation sites (N-methyl/N-ethyl adjacent to an activating group) is 1. The van der Waals surface area contributed by atoms with Gasteiger partial charge in [0.05, 0.1) is 0 Å². The van der Waals surface area contributed by atoms with Crippen LogP contribution in [0.5, 0.6) is 0 Å². The fourth-order valence-corrected chi connectivity index (χ4v) is 2.04. The lowest BCUT2D eigenvalue weighted by Gasteiger charge is -2.26. The van der Waals surface area contributed by atoms with Crippen LogP contribution >= 0.6 is 0 Å². The Hall–Kier alpha value is -2.04. The smallest absolute Gasteiger partial charge is 0.241 e. The van der Waals surface area contributed by atoms with Crippen molar-refractivity contribution in [2.75, 3.05) is 26.2 Å². The van der Waals surface area contributed by atoms with Gasteiger partial charge < -0.3 is 16.0 Å². The lowest BCUT2D eigenvalue weighted by molar-refractivity contribution is -0.119. The zero-order valence-electron chi connectivity index (χ0n) is 14.1. The normalized spacial score (nSPS) is 11.9. The van der Waals surface area contributed by atoms with Crippen molar-refractivity contribution in [2.24, 2.45) is 4.99 Å².